The van der Waals surface area contributed by atoms with Crippen molar-refractivity contribution < 1.29 is 0 Å². The minimum absolute atomic E-state index is 0.665. The van der Waals surface area contributed by atoms with E-state index in [0.717, 1.165) is 18.5 Å². The molecule has 2 heterocycles. The highest BCUT2D eigenvalue weighted by Gasteiger charge is 2.12. The second-order valence-electron chi connectivity index (χ2n) is 5.23. The lowest BCUT2D eigenvalue weighted by Gasteiger charge is -2.11. The fraction of sp³-hybridized carbons (Fsp3) is 0.294. The summed E-state index contributed by atoms with van der Waals surface area (Å²) >= 11 is 0. The Labute approximate surface area is 124 Å². The van der Waals surface area contributed by atoms with Gasteiger partial charge in [0.25, 0.3) is 0 Å². The molecule has 3 rings (SSSR count). The second kappa shape index (κ2) is 5.56. The van der Waals surface area contributed by atoms with Gasteiger partial charge in [0.1, 0.15) is 0 Å². The lowest BCUT2D eigenvalue weighted by Crippen LogP contribution is -2.01. The van der Waals surface area contributed by atoms with Crippen molar-refractivity contribution in [3.63, 3.8) is 0 Å². The quantitative estimate of drug-likeness (QED) is 0.793. The van der Waals surface area contributed by atoms with Crippen LogP contribution in [0, 0.1) is 0 Å². The maximum atomic E-state index is 4.71. The molecule has 4 heteroatoms. The lowest BCUT2D eigenvalue weighted by atomic mass is 10.0. The minimum Gasteiger partial charge on any atom is -0.357 e. The topological polar surface area (TPSA) is 42.7 Å². The molecule has 1 aromatic carbocycles. The van der Waals surface area contributed by atoms with Gasteiger partial charge in [-0.15, -0.1) is 0 Å². The molecule has 0 aliphatic carbocycles. The Kier molecular flexibility index (Phi) is 3.60. The lowest BCUT2D eigenvalue weighted by molar-refractivity contribution is 0.905. The smallest absolute Gasteiger partial charge is 0.222 e. The van der Waals surface area contributed by atoms with Gasteiger partial charge in [0, 0.05) is 43.0 Å². The number of nitrogens with one attached hydrogen (secondary N) is 1. The second-order valence-corrected chi connectivity index (χ2v) is 5.23. The summed E-state index contributed by atoms with van der Waals surface area (Å²) in [5, 5.41) is 4.27. The first-order valence-electron chi connectivity index (χ1n) is 7.32. The zero-order chi connectivity index (χ0) is 14.8. The van der Waals surface area contributed by atoms with Crippen molar-refractivity contribution in [3.05, 3.63) is 42.2 Å². The van der Waals surface area contributed by atoms with E-state index in [1.54, 1.807) is 0 Å². The van der Waals surface area contributed by atoms with Crippen LogP contribution in [0.5, 0.6) is 0 Å². The molecule has 0 saturated heterocycles. The van der Waals surface area contributed by atoms with Crippen LogP contribution in [-0.2, 0) is 13.5 Å². The standard InChI is InChI=1S/C17H20N4/c1-4-6-12-11-19-17(18-2)20-16(12)14-7-5-8-15-13(14)9-10-21(15)3/h5,7-11H,4,6H2,1-3H3,(H,18,19,20). The first kappa shape index (κ1) is 13.6. The summed E-state index contributed by atoms with van der Waals surface area (Å²) in [6.45, 7) is 2.18. The maximum absolute atomic E-state index is 4.71. The molecule has 0 spiro atoms. The van der Waals surface area contributed by atoms with Crippen LogP contribution in [-0.4, -0.2) is 21.6 Å². The average molecular weight is 280 g/mol. The van der Waals surface area contributed by atoms with Crippen molar-refractivity contribution in [2.45, 2.75) is 19.8 Å². The van der Waals surface area contributed by atoms with E-state index in [2.05, 4.69) is 59.3 Å². The van der Waals surface area contributed by atoms with Gasteiger partial charge < -0.3 is 9.88 Å². The van der Waals surface area contributed by atoms with E-state index in [-0.39, 0.29) is 0 Å². The average Bonchev–Trinajstić information content (AvgIpc) is 2.90. The molecule has 2 aromatic heterocycles. The third-order valence-electron chi connectivity index (χ3n) is 3.79. The summed E-state index contributed by atoms with van der Waals surface area (Å²) in [5.74, 6) is 0.665. The normalized spacial score (nSPS) is 11.0. The molecule has 0 aliphatic rings. The third-order valence-corrected chi connectivity index (χ3v) is 3.79. The van der Waals surface area contributed by atoms with Gasteiger partial charge in [0.05, 0.1) is 5.69 Å². The van der Waals surface area contributed by atoms with Crippen LogP contribution >= 0.6 is 0 Å². The number of aryl methyl sites for hydroxylation is 2. The van der Waals surface area contributed by atoms with Crippen molar-refractivity contribution in [1.82, 2.24) is 14.5 Å². The molecular weight excluding hydrogens is 260 g/mol. The highest BCUT2D eigenvalue weighted by molar-refractivity contribution is 5.95. The van der Waals surface area contributed by atoms with Gasteiger partial charge in [0.2, 0.25) is 5.95 Å². The predicted octanol–water partition coefficient (Wildman–Crippen LogP) is 3.63. The van der Waals surface area contributed by atoms with E-state index < -0.39 is 0 Å². The van der Waals surface area contributed by atoms with Crippen LogP contribution in [0.3, 0.4) is 0 Å². The number of rotatable bonds is 4. The number of nitrogens with zero attached hydrogens (tertiary/aromatic N) is 3. The van der Waals surface area contributed by atoms with Gasteiger partial charge >= 0.3 is 0 Å². The van der Waals surface area contributed by atoms with E-state index in [1.165, 1.54) is 22.0 Å². The molecule has 4 nitrogen and oxygen atoms in total. The monoisotopic (exact) mass is 280 g/mol. The van der Waals surface area contributed by atoms with Crippen LogP contribution in [0.25, 0.3) is 22.2 Å². The maximum Gasteiger partial charge on any atom is 0.222 e. The largest absolute Gasteiger partial charge is 0.357 e. The van der Waals surface area contributed by atoms with Crippen LogP contribution < -0.4 is 5.32 Å². The summed E-state index contributed by atoms with van der Waals surface area (Å²) in [6, 6.07) is 8.53. The summed E-state index contributed by atoms with van der Waals surface area (Å²) < 4.78 is 2.14. The first-order valence-corrected chi connectivity index (χ1v) is 7.32. The fourth-order valence-electron chi connectivity index (χ4n) is 2.72. The number of anilines is 1. The molecule has 21 heavy (non-hydrogen) atoms. The molecule has 0 aliphatic heterocycles. The van der Waals surface area contributed by atoms with Crippen molar-refractivity contribution in [2.75, 3.05) is 12.4 Å². The van der Waals surface area contributed by atoms with Crippen molar-refractivity contribution in [2.24, 2.45) is 7.05 Å². The Morgan fingerprint density at radius 2 is 2.10 bits per heavy atom. The van der Waals surface area contributed by atoms with Gasteiger partial charge in [-0.3, -0.25) is 0 Å². The van der Waals surface area contributed by atoms with E-state index in [0.29, 0.717) is 5.95 Å². The highest BCUT2D eigenvalue weighted by atomic mass is 15.1. The van der Waals surface area contributed by atoms with Crippen molar-refractivity contribution in [1.29, 1.82) is 0 Å². The van der Waals surface area contributed by atoms with Crippen LogP contribution in [0.2, 0.25) is 0 Å². The van der Waals surface area contributed by atoms with E-state index >= 15 is 0 Å². The summed E-state index contributed by atoms with van der Waals surface area (Å²) in [7, 11) is 3.92. The van der Waals surface area contributed by atoms with Gasteiger partial charge in [-0.2, -0.15) is 0 Å². The molecule has 0 saturated carbocycles. The molecule has 1 N–H and O–H groups in total. The fourth-order valence-corrected chi connectivity index (χ4v) is 2.72. The molecule has 0 bridgehead atoms. The van der Waals surface area contributed by atoms with Gasteiger partial charge in [-0.05, 0) is 24.1 Å². The molecule has 0 atom stereocenters. The Morgan fingerprint density at radius 1 is 1.24 bits per heavy atom. The van der Waals surface area contributed by atoms with Crippen molar-refractivity contribution in [3.8, 4) is 11.3 Å². The summed E-state index contributed by atoms with van der Waals surface area (Å²) in [4.78, 5) is 9.07. The number of hydrogen-bond donors (Lipinski definition) is 1. The van der Waals surface area contributed by atoms with Crippen LogP contribution in [0.15, 0.2) is 36.7 Å². The Morgan fingerprint density at radius 3 is 2.86 bits per heavy atom. The predicted molar refractivity (Wildman–Crippen MR) is 87.5 cm³/mol. The number of hydrogen-bond acceptors (Lipinski definition) is 3. The number of aromatic nitrogens is 3. The van der Waals surface area contributed by atoms with Gasteiger partial charge in [-0.1, -0.05) is 25.5 Å². The molecule has 0 radical (unpaired) electrons. The molecule has 0 unspecified atom stereocenters. The molecule has 3 aromatic rings. The summed E-state index contributed by atoms with van der Waals surface area (Å²) in [6.07, 6.45) is 6.11. The van der Waals surface area contributed by atoms with E-state index in [4.69, 9.17) is 4.98 Å². The SMILES string of the molecule is CCCc1cnc(NC)nc1-c1cccc2c1ccn2C. The Balaban J connectivity index is 2.25. The van der Waals surface area contributed by atoms with Crippen LogP contribution in [0.4, 0.5) is 5.95 Å². The first-order chi connectivity index (χ1) is 10.2. The minimum atomic E-state index is 0.665. The van der Waals surface area contributed by atoms with Crippen LogP contribution in [0.1, 0.15) is 18.9 Å². The zero-order valence-corrected chi connectivity index (χ0v) is 12.7. The molecule has 0 fully saturated rings. The summed E-state index contributed by atoms with van der Waals surface area (Å²) in [5.41, 5.74) is 4.64. The van der Waals surface area contributed by atoms with Gasteiger partial charge in [0.15, 0.2) is 0 Å². The zero-order valence-electron chi connectivity index (χ0n) is 12.7. The van der Waals surface area contributed by atoms with Gasteiger partial charge in [-0.25, -0.2) is 9.97 Å². The Bertz CT molecular complexity index is 774. The molecule has 0 amide bonds. The Hall–Kier alpha value is -2.36. The van der Waals surface area contributed by atoms with E-state index in [1.807, 2.05) is 13.2 Å². The van der Waals surface area contributed by atoms with E-state index in [9.17, 15) is 0 Å². The highest BCUT2D eigenvalue weighted by Crippen LogP contribution is 2.31. The number of fused-ring (bicyclic) bond motifs is 1. The van der Waals surface area contributed by atoms with Crippen molar-refractivity contribution >= 4 is 16.9 Å². The third kappa shape index (κ3) is 2.37. The molecule has 108 valence electrons. The molecular formula is C17H20N4. The number of benzene rings is 1.